The molecule has 2 aromatic heterocycles. The Morgan fingerprint density at radius 1 is 1.09 bits per heavy atom. The summed E-state index contributed by atoms with van der Waals surface area (Å²) in [6, 6.07) is 21.2. The van der Waals surface area contributed by atoms with Crippen molar-refractivity contribution in [1.29, 1.82) is 0 Å². The molecule has 0 spiro atoms. The van der Waals surface area contributed by atoms with E-state index in [-0.39, 0.29) is 30.0 Å². The van der Waals surface area contributed by atoms with Gasteiger partial charge in [-0.2, -0.15) is 0 Å². The lowest BCUT2D eigenvalue weighted by molar-refractivity contribution is -0.117. The molecule has 7 nitrogen and oxygen atoms in total. The predicted octanol–water partition coefficient (Wildman–Crippen LogP) is 4.78. The van der Waals surface area contributed by atoms with Crippen molar-refractivity contribution in [3.63, 3.8) is 0 Å². The van der Waals surface area contributed by atoms with Gasteiger partial charge in [-0.1, -0.05) is 48.2 Å². The largest absolute Gasteiger partial charge is 0.324 e. The summed E-state index contributed by atoms with van der Waals surface area (Å²) in [5.41, 5.74) is 2.33. The number of benzene rings is 2. The summed E-state index contributed by atoms with van der Waals surface area (Å²) in [7, 11) is 0. The van der Waals surface area contributed by atoms with Crippen molar-refractivity contribution in [2.24, 2.45) is 0 Å². The van der Waals surface area contributed by atoms with E-state index < -0.39 is 0 Å². The molecule has 4 aromatic rings. The van der Waals surface area contributed by atoms with Gasteiger partial charge in [0.05, 0.1) is 17.1 Å². The van der Waals surface area contributed by atoms with Crippen molar-refractivity contribution < 1.29 is 9.59 Å². The second-order valence-corrected chi connectivity index (χ2v) is 9.97. The number of thiophene rings is 1. The molecule has 5 rings (SSSR count). The zero-order valence-corrected chi connectivity index (χ0v) is 20.2. The molecule has 1 aliphatic rings. The smallest absolute Gasteiger partial charge is 0.237 e. The van der Waals surface area contributed by atoms with Crippen LogP contribution in [0.15, 0.2) is 77.3 Å². The minimum atomic E-state index is -0.252. The van der Waals surface area contributed by atoms with Gasteiger partial charge >= 0.3 is 0 Å². The summed E-state index contributed by atoms with van der Waals surface area (Å²) in [6.45, 7) is 1.90. The number of nitrogens with zero attached hydrogens (tertiary/aromatic N) is 4. The fraction of sp³-hybridized carbons (Fsp3) is 0.200. The molecule has 0 saturated heterocycles. The van der Waals surface area contributed by atoms with Gasteiger partial charge in [0.1, 0.15) is 5.82 Å². The summed E-state index contributed by atoms with van der Waals surface area (Å²) in [5, 5.41) is 14.5. The van der Waals surface area contributed by atoms with Crippen LogP contribution in [0.5, 0.6) is 0 Å². The molecule has 9 heteroatoms. The Morgan fingerprint density at radius 2 is 1.88 bits per heavy atom. The zero-order valence-electron chi connectivity index (χ0n) is 18.5. The fourth-order valence-electron chi connectivity index (χ4n) is 4.08. The first kappa shape index (κ1) is 22.4. The number of carbonyl (C=O) groups is 2. The van der Waals surface area contributed by atoms with Gasteiger partial charge < -0.3 is 10.2 Å². The molecule has 0 bridgehead atoms. The predicted molar refractivity (Wildman–Crippen MR) is 136 cm³/mol. The Hall–Kier alpha value is -3.43. The van der Waals surface area contributed by atoms with E-state index in [9.17, 15) is 9.59 Å². The van der Waals surface area contributed by atoms with Crippen LogP contribution in [0.4, 0.5) is 11.4 Å². The van der Waals surface area contributed by atoms with Crippen molar-refractivity contribution in [3.8, 4) is 5.69 Å². The van der Waals surface area contributed by atoms with Gasteiger partial charge in [-0.3, -0.25) is 14.2 Å². The Bertz CT molecular complexity index is 1300. The number of amides is 2. The summed E-state index contributed by atoms with van der Waals surface area (Å²) >= 11 is 3.04. The van der Waals surface area contributed by atoms with Gasteiger partial charge in [0, 0.05) is 29.4 Å². The molecule has 1 aliphatic heterocycles. The lowest BCUT2D eigenvalue weighted by Gasteiger charge is -2.27. The third kappa shape index (κ3) is 4.62. The quantitative estimate of drug-likeness (QED) is 0.395. The molecule has 0 saturated carbocycles. The molecule has 172 valence electrons. The standard InChI is InChI=1S/C25H23N5O2S2/c1-17-14-23(31)26-20-11-5-6-12-21(20)29(17)24(32)16-34-25-28-27-22(15-19-10-7-13-33-19)30(25)18-8-3-2-4-9-18/h2-13,17H,14-16H2,1H3,(H,26,31)/t17-/m1/s1. The van der Waals surface area contributed by atoms with E-state index in [1.165, 1.54) is 16.6 Å². The highest BCUT2D eigenvalue weighted by atomic mass is 32.2. The van der Waals surface area contributed by atoms with E-state index in [2.05, 4.69) is 21.6 Å². The van der Waals surface area contributed by atoms with Crippen LogP contribution in [0.2, 0.25) is 0 Å². The number of hydrogen-bond donors (Lipinski definition) is 1. The number of thioether (sulfide) groups is 1. The van der Waals surface area contributed by atoms with Crippen molar-refractivity contribution in [3.05, 3.63) is 82.8 Å². The Balaban J connectivity index is 1.41. The molecule has 1 atom stereocenters. The highest BCUT2D eigenvalue weighted by Gasteiger charge is 2.30. The van der Waals surface area contributed by atoms with Gasteiger partial charge in [0.15, 0.2) is 5.16 Å². The second-order valence-electron chi connectivity index (χ2n) is 8.00. The minimum absolute atomic E-state index is 0.0798. The monoisotopic (exact) mass is 489 g/mol. The molecule has 1 N–H and O–H groups in total. The fourth-order valence-corrected chi connectivity index (χ4v) is 5.61. The summed E-state index contributed by atoms with van der Waals surface area (Å²) < 4.78 is 2.02. The third-order valence-corrected chi connectivity index (χ3v) is 7.37. The van der Waals surface area contributed by atoms with Gasteiger partial charge in [-0.15, -0.1) is 21.5 Å². The lowest BCUT2D eigenvalue weighted by Crippen LogP contribution is -2.40. The van der Waals surface area contributed by atoms with Crippen LogP contribution in [-0.4, -0.2) is 38.4 Å². The average molecular weight is 490 g/mol. The number of rotatable bonds is 6. The molecule has 0 radical (unpaired) electrons. The zero-order chi connectivity index (χ0) is 23.5. The van der Waals surface area contributed by atoms with Crippen LogP contribution < -0.4 is 10.2 Å². The van der Waals surface area contributed by atoms with E-state index in [0.29, 0.717) is 17.3 Å². The van der Waals surface area contributed by atoms with E-state index >= 15 is 0 Å². The highest BCUT2D eigenvalue weighted by Crippen LogP contribution is 2.32. The number of carbonyl (C=O) groups excluding carboxylic acids is 2. The summed E-state index contributed by atoms with van der Waals surface area (Å²) in [6.07, 6.45) is 0.911. The number of fused-ring (bicyclic) bond motifs is 1. The highest BCUT2D eigenvalue weighted by molar-refractivity contribution is 7.99. The van der Waals surface area contributed by atoms with Crippen molar-refractivity contribution in [2.75, 3.05) is 16.0 Å². The van der Waals surface area contributed by atoms with E-state index in [1.807, 2.05) is 77.5 Å². The number of nitrogens with one attached hydrogen (secondary N) is 1. The Morgan fingerprint density at radius 3 is 2.68 bits per heavy atom. The summed E-state index contributed by atoms with van der Waals surface area (Å²) in [5.74, 6) is 0.831. The molecule has 2 aromatic carbocycles. The van der Waals surface area contributed by atoms with Crippen molar-refractivity contribution in [2.45, 2.75) is 31.0 Å². The molecule has 3 heterocycles. The maximum atomic E-state index is 13.4. The third-order valence-electron chi connectivity index (χ3n) is 5.58. The first-order valence-corrected chi connectivity index (χ1v) is 12.8. The minimum Gasteiger partial charge on any atom is -0.324 e. The van der Waals surface area contributed by atoms with Gasteiger partial charge in [-0.05, 0) is 42.6 Å². The molecular formula is C25H23N5O2S2. The maximum Gasteiger partial charge on any atom is 0.237 e. The first-order valence-electron chi connectivity index (χ1n) is 11.0. The van der Waals surface area contributed by atoms with E-state index in [1.54, 1.807) is 16.2 Å². The second kappa shape index (κ2) is 9.82. The van der Waals surface area contributed by atoms with Crippen LogP contribution >= 0.6 is 23.1 Å². The molecular weight excluding hydrogens is 466 g/mol. The van der Waals surface area contributed by atoms with E-state index in [0.717, 1.165) is 17.2 Å². The van der Waals surface area contributed by atoms with Crippen LogP contribution in [0.3, 0.4) is 0 Å². The Labute approximate surface area is 205 Å². The van der Waals surface area contributed by atoms with Gasteiger partial charge in [0.25, 0.3) is 0 Å². The first-order chi connectivity index (χ1) is 16.6. The maximum absolute atomic E-state index is 13.4. The normalized spacial score (nSPS) is 15.5. The molecule has 2 amide bonds. The lowest BCUT2D eigenvalue weighted by atomic mass is 10.2. The van der Waals surface area contributed by atoms with Gasteiger partial charge in [-0.25, -0.2) is 0 Å². The van der Waals surface area contributed by atoms with Crippen molar-refractivity contribution >= 4 is 46.3 Å². The molecule has 34 heavy (non-hydrogen) atoms. The van der Waals surface area contributed by atoms with Gasteiger partial charge in [0.2, 0.25) is 11.8 Å². The van der Waals surface area contributed by atoms with Crippen LogP contribution in [0.1, 0.15) is 24.0 Å². The number of para-hydroxylation sites is 3. The van der Waals surface area contributed by atoms with Crippen LogP contribution in [0.25, 0.3) is 5.69 Å². The average Bonchev–Trinajstić information content (AvgIpc) is 3.47. The SMILES string of the molecule is C[C@@H]1CC(=O)Nc2ccccc2N1C(=O)CSc1nnc(Cc2cccs2)n1-c1ccccc1. The van der Waals surface area contributed by atoms with Crippen LogP contribution in [0, 0.1) is 0 Å². The molecule has 0 fully saturated rings. The van der Waals surface area contributed by atoms with Crippen molar-refractivity contribution in [1.82, 2.24) is 14.8 Å². The topological polar surface area (TPSA) is 80.1 Å². The van der Waals surface area contributed by atoms with E-state index in [4.69, 9.17) is 0 Å². The number of aromatic nitrogens is 3. The number of hydrogen-bond acceptors (Lipinski definition) is 6. The molecule has 0 unspecified atom stereocenters. The summed E-state index contributed by atoms with van der Waals surface area (Å²) in [4.78, 5) is 28.6. The number of anilines is 2. The Kier molecular flexibility index (Phi) is 6.46. The molecule has 0 aliphatic carbocycles. The van der Waals surface area contributed by atoms with Crippen LogP contribution in [-0.2, 0) is 16.0 Å².